The SMILES string of the molecule is CCCn1ncnc1CC(NCC)C(C)(C)OCC. The molecular weight excluding hydrogens is 240 g/mol. The molecule has 0 fully saturated rings. The largest absolute Gasteiger partial charge is 0.374 e. The smallest absolute Gasteiger partial charge is 0.138 e. The molecule has 1 N–H and O–H groups in total. The number of ether oxygens (including phenoxy) is 1. The van der Waals surface area contributed by atoms with Crippen molar-refractivity contribution in [3.05, 3.63) is 12.2 Å². The molecule has 1 rings (SSSR count). The van der Waals surface area contributed by atoms with E-state index in [0.717, 1.165) is 38.4 Å². The Morgan fingerprint density at radius 1 is 1.37 bits per heavy atom. The van der Waals surface area contributed by atoms with Crippen LogP contribution in [0.1, 0.15) is 46.9 Å². The predicted octanol–water partition coefficient (Wildman–Crippen LogP) is 2.02. The Morgan fingerprint density at radius 3 is 2.68 bits per heavy atom. The Balaban J connectivity index is 2.80. The van der Waals surface area contributed by atoms with Crippen LogP contribution in [-0.2, 0) is 17.7 Å². The summed E-state index contributed by atoms with van der Waals surface area (Å²) in [4.78, 5) is 4.39. The van der Waals surface area contributed by atoms with Gasteiger partial charge in [-0.15, -0.1) is 0 Å². The zero-order valence-corrected chi connectivity index (χ0v) is 12.9. The Hall–Kier alpha value is -0.940. The van der Waals surface area contributed by atoms with Crippen LogP contribution < -0.4 is 5.32 Å². The minimum absolute atomic E-state index is 0.215. The fraction of sp³-hybridized carbons (Fsp3) is 0.857. The molecule has 5 heteroatoms. The summed E-state index contributed by atoms with van der Waals surface area (Å²) in [7, 11) is 0. The van der Waals surface area contributed by atoms with Crippen molar-refractivity contribution < 1.29 is 4.74 Å². The van der Waals surface area contributed by atoms with E-state index in [0.29, 0.717) is 0 Å². The van der Waals surface area contributed by atoms with Crippen LogP contribution in [0.3, 0.4) is 0 Å². The van der Waals surface area contributed by atoms with Crippen LogP contribution in [0.15, 0.2) is 6.33 Å². The summed E-state index contributed by atoms with van der Waals surface area (Å²) in [5, 5.41) is 7.79. The average Bonchev–Trinajstić information content (AvgIpc) is 2.76. The molecule has 0 saturated carbocycles. The third-order valence-corrected chi connectivity index (χ3v) is 3.32. The molecule has 0 spiro atoms. The summed E-state index contributed by atoms with van der Waals surface area (Å²) in [6, 6.07) is 0.234. The van der Waals surface area contributed by atoms with E-state index >= 15 is 0 Å². The molecule has 0 radical (unpaired) electrons. The molecule has 110 valence electrons. The Bertz CT molecular complexity index is 362. The van der Waals surface area contributed by atoms with Gasteiger partial charge in [-0.1, -0.05) is 13.8 Å². The van der Waals surface area contributed by atoms with Gasteiger partial charge in [-0.05, 0) is 33.7 Å². The van der Waals surface area contributed by atoms with E-state index in [1.165, 1.54) is 0 Å². The van der Waals surface area contributed by atoms with Gasteiger partial charge in [0.15, 0.2) is 0 Å². The molecular formula is C14H28N4O. The standard InChI is InChI=1S/C14H28N4O/c1-6-9-18-13(16-11-17-18)10-12(15-7-2)14(4,5)19-8-3/h11-12,15H,6-10H2,1-5H3. The van der Waals surface area contributed by atoms with Crippen molar-refractivity contribution in [2.24, 2.45) is 0 Å². The normalized spacial score (nSPS) is 13.7. The number of rotatable bonds is 9. The van der Waals surface area contributed by atoms with E-state index in [2.05, 4.69) is 43.1 Å². The highest BCUT2D eigenvalue weighted by atomic mass is 16.5. The summed E-state index contributed by atoms with van der Waals surface area (Å²) >= 11 is 0. The number of aryl methyl sites for hydroxylation is 1. The molecule has 0 amide bonds. The van der Waals surface area contributed by atoms with Gasteiger partial charge in [0, 0.05) is 25.6 Å². The molecule has 19 heavy (non-hydrogen) atoms. The van der Waals surface area contributed by atoms with Crippen LogP contribution in [0, 0.1) is 0 Å². The van der Waals surface area contributed by atoms with Gasteiger partial charge in [-0.3, -0.25) is 4.68 Å². The van der Waals surface area contributed by atoms with Crippen LogP contribution in [0.4, 0.5) is 0 Å². The molecule has 0 aliphatic carbocycles. The molecule has 0 saturated heterocycles. The third-order valence-electron chi connectivity index (χ3n) is 3.32. The highest BCUT2D eigenvalue weighted by Crippen LogP contribution is 2.18. The van der Waals surface area contributed by atoms with Gasteiger partial charge < -0.3 is 10.1 Å². The molecule has 5 nitrogen and oxygen atoms in total. The van der Waals surface area contributed by atoms with Crippen molar-refractivity contribution in [3.8, 4) is 0 Å². The van der Waals surface area contributed by atoms with E-state index < -0.39 is 0 Å². The van der Waals surface area contributed by atoms with Gasteiger partial charge in [0.05, 0.1) is 5.60 Å². The zero-order chi connectivity index (χ0) is 14.3. The van der Waals surface area contributed by atoms with E-state index in [1.54, 1.807) is 6.33 Å². The van der Waals surface area contributed by atoms with Crippen LogP contribution >= 0.6 is 0 Å². The maximum absolute atomic E-state index is 5.87. The number of nitrogens with zero attached hydrogens (tertiary/aromatic N) is 3. The van der Waals surface area contributed by atoms with Crippen LogP contribution in [0.25, 0.3) is 0 Å². The van der Waals surface area contributed by atoms with Crippen LogP contribution in [-0.4, -0.2) is 39.6 Å². The molecule has 1 aromatic heterocycles. The molecule has 0 aliphatic rings. The lowest BCUT2D eigenvalue weighted by Crippen LogP contribution is -2.50. The minimum atomic E-state index is -0.215. The van der Waals surface area contributed by atoms with Gasteiger partial charge in [0.2, 0.25) is 0 Å². The van der Waals surface area contributed by atoms with E-state index in [9.17, 15) is 0 Å². The zero-order valence-electron chi connectivity index (χ0n) is 12.9. The predicted molar refractivity (Wildman–Crippen MR) is 77.2 cm³/mol. The highest BCUT2D eigenvalue weighted by Gasteiger charge is 2.30. The fourth-order valence-corrected chi connectivity index (χ4v) is 2.31. The Kier molecular flexibility index (Phi) is 6.45. The van der Waals surface area contributed by atoms with Crippen molar-refractivity contribution in [1.29, 1.82) is 0 Å². The van der Waals surface area contributed by atoms with Gasteiger partial charge in [-0.2, -0.15) is 5.10 Å². The molecule has 1 atom stereocenters. The summed E-state index contributed by atoms with van der Waals surface area (Å²) in [6.45, 7) is 13.1. The van der Waals surface area contributed by atoms with E-state index in [4.69, 9.17) is 4.74 Å². The van der Waals surface area contributed by atoms with Gasteiger partial charge in [0.1, 0.15) is 12.2 Å². The lowest BCUT2D eigenvalue weighted by atomic mass is 9.95. The molecule has 0 aliphatic heterocycles. The highest BCUT2D eigenvalue weighted by molar-refractivity contribution is 4.96. The first-order valence-electron chi connectivity index (χ1n) is 7.29. The Morgan fingerprint density at radius 2 is 2.11 bits per heavy atom. The van der Waals surface area contributed by atoms with Gasteiger partial charge >= 0.3 is 0 Å². The average molecular weight is 268 g/mol. The molecule has 0 aromatic carbocycles. The van der Waals surface area contributed by atoms with E-state index in [-0.39, 0.29) is 11.6 Å². The second-order valence-corrected chi connectivity index (χ2v) is 5.25. The minimum Gasteiger partial charge on any atom is -0.374 e. The summed E-state index contributed by atoms with van der Waals surface area (Å²) in [5.41, 5.74) is -0.215. The van der Waals surface area contributed by atoms with Gasteiger partial charge in [0.25, 0.3) is 0 Å². The first-order chi connectivity index (χ1) is 9.05. The molecule has 1 heterocycles. The number of aromatic nitrogens is 3. The Labute approximate surface area is 116 Å². The lowest BCUT2D eigenvalue weighted by molar-refractivity contribution is -0.0383. The van der Waals surface area contributed by atoms with Crippen molar-refractivity contribution in [3.63, 3.8) is 0 Å². The summed E-state index contributed by atoms with van der Waals surface area (Å²) < 4.78 is 7.87. The lowest BCUT2D eigenvalue weighted by Gasteiger charge is -2.34. The van der Waals surface area contributed by atoms with Crippen LogP contribution in [0.2, 0.25) is 0 Å². The molecule has 0 bridgehead atoms. The summed E-state index contributed by atoms with van der Waals surface area (Å²) in [6.07, 6.45) is 3.54. The second kappa shape index (κ2) is 7.60. The second-order valence-electron chi connectivity index (χ2n) is 5.25. The first kappa shape index (κ1) is 16.1. The molecule has 1 aromatic rings. The number of likely N-dealkylation sites (N-methyl/N-ethyl adjacent to an activating group) is 1. The fourth-order valence-electron chi connectivity index (χ4n) is 2.31. The topological polar surface area (TPSA) is 52.0 Å². The number of hydrogen-bond acceptors (Lipinski definition) is 4. The van der Waals surface area contributed by atoms with Crippen molar-refractivity contribution in [2.45, 2.75) is 65.6 Å². The van der Waals surface area contributed by atoms with Gasteiger partial charge in [-0.25, -0.2) is 4.98 Å². The van der Waals surface area contributed by atoms with Crippen LogP contribution in [0.5, 0.6) is 0 Å². The first-order valence-corrected chi connectivity index (χ1v) is 7.29. The van der Waals surface area contributed by atoms with Crippen molar-refractivity contribution in [2.75, 3.05) is 13.2 Å². The third kappa shape index (κ3) is 4.58. The maximum atomic E-state index is 5.87. The van der Waals surface area contributed by atoms with Crippen molar-refractivity contribution >= 4 is 0 Å². The maximum Gasteiger partial charge on any atom is 0.138 e. The van der Waals surface area contributed by atoms with E-state index in [1.807, 2.05) is 11.6 Å². The number of hydrogen-bond donors (Lipinski definition) is 1. The molecule has 1 unspecified atom stereocenters. The monoisotopic (exact) mass is 268 g/mol. The summed E-state index contributed by atoms with van der Waals surface area (Å²) in [5.74, 6) is 1.03. The number of nitrogens with one attached hydrogen (secondary N) is 1. The van der Waals surface area contributed by atoms with Crippen molar-refractivity contribution in [1.82, 2.24) is 20.1 Å². The quantitative estimate of drug-likeness (QED) is 0.744.